The number of nitrogens with zero attached hydrogens (tertiary/aromatic N) is 1. The zero-order valence-electron chi connectivity index (χ0n) is 20.5. The van der Waals surface area contributed by atoms with E-state index in [1.165, 1.54) is 7.11 Å². The molecule has 0 saturated carbocycles. The Balaban J connectivity index is 1.74. The zero-order valence-corrected chi connectivity index (χ0v) is 20.5. The molecule has 3 amide bonds. The number of aromatic amines is 1. The number of ketones is 1. The van der Waals surface area contributed by atoms with Crippen LogP contribution in [0.4, 0.5) is 0 Å². The van der Waals surface area contributed by atoms with E-state index >= 15 is 0 Å². The van der Waals surface area contributed by atoms with Gasteiger partial charge in [0.05, 0.1) is 13.2 Å². The maximum Gasteiger partial charge on any atom is 0.277 e. The van der Waals surface area contributed by atoms with Crippen LogP contribution in [0.3, 0.4) is 0 Å². The first kappa shape index (κ1) is 26.1. The molecular formula is C27H30N4O6. The number of aliphatic hydroxyl groups is 1. The lowest BCUT2D eigenvalue weighted by atomic mass is 9.93. The lowest BCUT2D eigenvalue weighted by Gasteiger charge is -2.31. The van der Waals surface area contributed by atoms with Gasteiger partial charge in [0.15, 0.2) is 5.78 Å². The Morgan fingerprint density at radius 2 is 1.92 bits per heavy atom. The van der Waals surface area contributed by atoms with Gasteiger partial charge in [0.25, 0.3) is 5.91 Å². The Kier molecular flexibility index (Phi) is 8.00. The second kappa shape index (κ2) is 11.4. The fourth-order valence-corrected chi connectivity index (χ4v) is 4.71. The summed E-state index contributed by atoms with van der Waals surface area (Å²) in [6.07, 6.45) is 0.474. The number of amides is 3. The van der Waals surface area contributed by atoms with Crippen molar-refractivity contribution >= 4 is 34.4 Å². The van der Waals surface area contributed by atoms with Gasteiger partial charge in [-0.1, -0.05) is 36.4 Å². The number of methoxy groups -OCH3 is 1. The Labute approximate surface area is 213 Å². The number of carbonyl (C=O) groups is 4. The summed E-state index contributed by atoms with van der Waals surface area (Å²) in [7, 11) is 1.50. The van der Waals surface area contributed by atoms with E-state index in [0.29, 0.717) is 29.6 Å². The minimum Gasteiger partial charge on any atom is -0.496 e. The third kappa shape index (κ3) is 5.55. The zero-order chi connectivity index (χ0) is 26.5. The largest absolute Gasteiger partial charge is 0.496 e. The first-order chi connectivity index (χ1) is 17.8. The second-order valence-corrected chi connectivity index (χ2v) is 9.07. The van der Waals surface area contributed by atoms with E-state index in [-0.39, 0.29) is 24.4 Å². The van der Waals surface area contributed by atoms with Crippen LogP contribution >= 0.6 is 0 Å². The molecule has 0 spiro atoms. The number of aliphatic hydroxyl groups excluding tert-OH is 1. The number of fused-ring (bicyclic) bond motifs is 1. The molecule has 0 unspecified atom stereocenters. The highest BCUT2D eigenvalue weighted by molar-refractivity contribution is 6.10. The van der Waals surface area contributed by atoms with Gasteiger partial charge in [-0.25, -0.2) is 0 Å². The summed E-state index contributed by atoms with van der Waals surface area (Å²) < 4.78 is 5.37. The summed E-state index contributed by atoms with van der Waals surface area (Å²) in [6, 6.07) is 13.3. The first-order valence-corrected chi connectivity index (χ1v) is 12.1. The topological polar surface area (TPSA) is 155 Å². The first-order valence-electron chi connectivity index (χ1n) is 12.1. The van der Waals surface area contributed by atoms with Gasteiger partial charge in [0.1, 0.15) is 24.1 Å². The van der Waals surface area contributed by atoms with Crippen molar-refractivity contribution in [3.05, 3.63) is 65.9 Å². The van der Waals surface area contributed by atoms with Gasteiger partial charge in [0, 0.05) is 23.4 Å². The van der Waals surface area contributed by atoms with Crippen LogP contribution < -0.4 is 15.8 Å². The molecule has 10 heteroatoms. The van der Waals surface area contributed by atoms with Gasteiger partial charge in [-0.2, -0.15) is 0 Å². The molecule has 1 aliphatic heterocycles. The van der Waals surface area contributed by atoms with Crippen LogP contribution in [0, 0.1) is 5.92 Å². The minimum atomic E-state index is -1.37. The maximum absolute atomic E-state index is 13.9. The summed E-state index contributed by atoms with van der Waals surface area (Å²) in [5.41, 5.74) is 7.71. The summed E-state index contributed by atoms with van der Waals surface area (Å²) in [4.78, 5) is 56.6. The molecule has 5 N–H and O–H groups in total. The number of benzene rings is 2. The van der Waals surface area contributed by atoms with E-state index in [4.69, 9.17) is 10.5 Å². The highest BCUT2D eigenvalue weighted by atomic mass is 16.5. The number of carbonyl (C=O) groups excluding carboxylic acids is 4. The van der Waals surface area contributed by atoms with Gasteiger partial charge >= 0.3 is 0 Å². The molecule has 3 atom stereocenters. The van der Waals surface area contributed by atoms with Gasteiger partial charge < -0.3 is 25.9 Å². The summed E-state index contributed by atoms with van der Waals surface area (Å²) in [6.45, 7) is -0.467. The van der Waals surface area contributed by atoms with Crippen LogP contribution in [0.5, 0.6) is 5.75 Å². The van der Waals surface area contributed by atoms with E-state index in [1.807, 2.05) is 30.3 Å². The van der Waals surface area contributed by atoms with Crippen molar-refractivity contribution in [3.8, 4) is 5.75 Å². The fourth-order valence-electron chi connectivity index (χ4n) is 4.71. The van der Waals surface area contributed by atoms with Crippen LogP contribution in [0.25, 0.3) is 10.9 Å². The monoisotopic (exact) mass is 506 g/mol. The molecule has 194 valence electrons. The lowest BCUT2D eigenvalue weighted by Crippen LogP contribution is -2.56. The predicted octanol–water partition coefficient (Wildman–Crippen LogP) is 1.17. The molecule has 3 aromatic rings. The predicted molar refractivity (Wildman–Crippen MR) is 136 cm³/mol. The molecule has 2 aromatic carbocycles. The number of rotatable bonds is 10. The third-order valence-corrected chi connectivity index (χ3v) is 6.66. The van der Waals surface area contributed by atoms with E-state index in [2.05, 4.69) is 10.3 Å². The van der Waals surface area contributed by atoms with Crippen LogP contribution in [-0.2, 0) is 20.8 Å². The van der Waals surface area contributed by atoms with Gasteiger partial charge in [0.2, 0.25) is 11.8 Å². The Hall–Kier alpha value is -4.02. The molecule has 1 aromatic heterocycles. The fraction of sp³-hybridized carbons (Fsp3) is 0.333. The quantitative estimate of drug-likeness (QED) is 0.322. The number of imide groups is 1. The molecule has 0 radical (unpaired) electrons. The SMILES string of the molecule is COc1cccc2[nH]c(C(=O)N(C(=O)[C@@H](N)Cc3ccccc3)[C@@H](C[C@@H]3CCNC3=O)C(=O)CO)cc12. The standard InChI is InChI=1S/C27H30N4O6/c1-37-24-9-5-8-20-18(24)14-21(30-20)27(36)31(26(35)19(28)12-16-6-3-2-4-7-16)22(23(33)15-32)13-17-10-11-29-25(17)34/h2-9,14,17,19,22,30,32H,10-13,15,28H2,1H3,(H,29,34)/t17-,19-,22-/m0/s1. The van der Waals surface area contributed by atoms with Crippen LogP contribution in [0.15, 0.2) is 54.6 Å². The smallest absolute Gasteiger partial charge is 0.277 e. The summed E-state index contributed by atoms with van der Waals surface area (Å²) >= 11 is 0. The van der Waals surface area contributed by atoms with Crippen molar-refractivity contribution in [3.63, 3.8) is 0 Å². The number of nitrogens with one attached hydrogen (secondary N) is 2. The van der Waals surface area contributed by atoms with Crippen molar-refractivity contribution in [2.24, 2.45) is 11.7 Å². The molecule has 1 aliphatic rings. The van der Waals surface area contributed by atoms with Gasteiger partial charge in [-0.15, -0.1) is 0 Å². The number of ether oxygens (including phenoxy) is 1. The molecule has 0 aliphatic carbocycles. The van der Waals surface area contributed by atoms with E-state index < -0.39 is 42.2 Å². The number of nitrogens with two attached hydrogens (primary N) is 1. The Bertz CT molecular complexity index is 1300. The van der Waals surface area contributed by atoms with Crippen molar-refractivity contribution in [2.75, 3.05) is 20.3 Å². The normalized spacial score (nSPS) is 16.7. The summed E-state index contributed by atoms with van der Waals surface area (Å²) in [5.74, 6) is -2.63. The van der Waals surface area contributed by atoms with Gasteiger partial charge in [-0.3, -0.25) is 24.1 Å². The molecule has 37 heavy (non-hydrogen) atoms. The van der Waals surface area contributed by atoms with Crippen LogP contribution in [0.1, 0.15) is 28.9 Å². The molecule has 1 saturated heterocycles. The highest BCUT2D eigenvalue weighted by Gasteiger charge is 2.41. The van der Waals surface area contributed by atoms with Crippen LogP contribution in [-0.4, -0.2) is 70.8 Å². The van der Waals surface area contributed by atoms with E-state index in [1.54, 1.807) is 24.3 Å². The van der Waals surface area contributed by atoms with E-state index in [9.17, 15) is 24.3 Å². The van der Waals surface area contributed by atoms with Crippen molar-refractivity contribution in [1.82, 2.24) is 15.2 Å². The second-order valence-electron chi connectivity index (χ2n) is 9.07. The molecule has 0 bridgehead atoms. The van der Waals surface area contributed by atoms with Gasteiger partial charge in [-0.05, 0) is 43.0 Å². The van der Waals surface area contributed by atoms with Crippen molar-refractivity contribution in [2.45, 2.75) is 31.3 Å². The third-order valence-electron chi connectivity index (χ3n) is 6.66. The minimum absolute atomic E-state index is 0.0476. The number of hydrogen-bond donors (Lipinski definition) is 4. The highest BCUT2D eigenvalue weighted by Crippen LogP contribution is 2.28. The lowest BCUT2D eigenvalue weighted by molar-refractivity contribution is -0.140. The van der Waals surface area contributed by atoms with E-state index in [0.717, 1.165) is 10.5 Å². The maximum atomic E-state index is 13.9. The Morgan fingerprint density at radius 1 is 1.16 bits per heavy atom. The van der Waals surface area contributed by atoms with Crippen molar-refractivity contribution in [1.29, 1.82) is 0 Å². The molecule has 1 fully saturated rings. The number of Topliss-reactive ketones (excluding diaryl/α,β-unsaturated/α-hetero) is 1. The molecular weight excluding hydrogens is 476 g/mol. The molecule has 10 nitrogen and oxygen atoms in total. The summed E-state index contributed by atoms with van der Waals surface area (Å²) in [5, 5.41) is 13.1. The number of H-pyrrole nitrogens is 1. The molecule has 2 heterocycles. The van der Waals surface area contributed by atoms with Crippen molar-refractivity contribution < 1.29 is 29.0 Å². The van der Waals surface area contributed by atoms with Crippen LogP contribution in [0.2, 0.25) is 0 Å². The Morgan fingerprint density at radius 3 is 2.57 bits per heavy atom. The average molecular weight is 507 g/mol. The molecule has 4 rings (SSSR count). The number of hydrogen-bond acceptors (Lipinski definition) is 7. The average Bonchev–Trinajstić information content (AvgIpc) is 3.54. The number of aromatic nitrogens is 1.